The molecule has 0 aliphatic carbocycles. The zero-order valence-electron chi connectivity index (χ0n) is 45.6. The summed E-state index contributed by atoms with van der Waals surface area (Å²) in [5.74, 6) is -0.250. The van der Waals surface area contributed by atoms with Crippen LogP contribution in [0.3, 0.4) is 0 Å². The first-order valence-corrected chi connectivity index (χ1v) is 29.4. The molecule has 14 heteroatoms. The zero-order chi connectivity index (χ0) is 53.2. The van der Waals surface area contributed by atoms with E-state index in [1.807, 2.05) is 6.08 Å². The van der Waals surface area contributed by atoms with Gasteiger partial charge in [-0.2, -0.15) is 0 Å². The number of carbonyl (C=O) groups excluding carboxylic acids is 1. The molecule has 14 nitrogen and oxygen atoms in total. The molecular weight excluding hydrogens is 931 g/mol. The number of aliphatic hydroxyl groups is 8. The molecular formula is C59H107NO13. The third-order valence-electron chi connectivity index (χ3n) is 14.2. The predicted molar refractivity (Wildman–Crippen MR) is 291 cm³/mol. The van der Waals surface area contributed by atoms with Crippen LogP contribution in [0.4, 0.5) is 0 Å². The Bertz CT molecular complexity index is 1410. The predicted octanol–water partition coefficient (Wildman–Crippen LogP) is 9.61. The molecule has 426 valence electrons. The van der Waals surface area contributed by atoms with Crippen molar-refractivity contribution in [2.24, 2.45) is 0 Å². The van der Waals surface area contributed by atoms with Gasteiger partial charge in [-0.1, -0.05) is 204 Å². The first-order chi connectivity index (χ1) is 35.6. The van der Waals surface area contributed by atoms with Crippen molar-refractivity contribution in [1.29, 1.82) is 0 Å². The van der Waals surface area contributed by atoms with Crippen molar-refractivity contribution in [2.75, 3.05) is 19.8 Å². The standard InChI is InChI=1S/C59H107NO13/c1-3-5-7-9-11-13-15-17-18-19-20-21-22-23-24-25-26-27-28-29-30-31-33-35-37-39-41-43-51(64)60-47(48(63)42-40-38-36-34-32-16-14-12-10-8-6-4-2)46-70-58-56(69)54(67)57(50(45-62)72-58)73-59-55(68)53(66)52(65)49(44-61)71-59/h15,17,19-20,32,34,40,42,47-50,52-59,61-63,65-69H,3-14,16,18,21-31,33,35-39,41,43-46H2,1-2H3,(H,60,64)/b17-15-,20-19-,34-32+,42-40+. The minimum Gasteiger partial charge on any atom is -0.394 e. The van der Waals surface area contributed by atoms with Gasteiger partial charge in [0, 0.05) is 6.42 Å². The molecule has 2 heterocycles. The molecule has 0 spiro atoms. The monoisotopic (exact) mass is 1040 g/mol. The first-order valence-electron chi connectivity index (χ1n) is 29.4. The Balaban J connectivity index is 1.71. The minimum atomic E-state index is -1.79. The van der Waals surface area contributed by atoms with Crippen molar-refractivity contribution in [3.05, 3.63) is 48.6 Å². The normalized spacial score (nSPS) is 25.7. The van der Waals surface area contributed by atoms with Crippen LogP contribution in [0.15, 0.2) is 48.6 Å². The summed E-state index contributed by atoms with van der Waals surface area (Å²) in [6.45, 7) is 2.75. The maximum atomic E-state index is 13.2. The van der Waals surface area contributed by atoms with E-state index in [0.717, 1.165) is 38.5 Å². The molecule has 12 unspecified atom stereocenters. The van der Waals surface area contributed by atoms with E-state index in [2.05, 4.69) is 55.6 Å². The smallest absolute Gasteiger partial charge is 0.220 e. The molecule has 2 fully saturated rings. The third kappa shape index (κ3) is 31.1. The Morgan fingerprint density at radius 1 is 0.493 bits per heavy atom. The molecule has 9 N–H and O–H groups in total. The molecule has 0 aromatic heterocycles. The topological polar surface area (TPSA) is 228 Å². The highest BCUT2D eigenvalue weighted by Crippen LogP contribution is 2.30. The van der Waals surface area contributed by atoms with Crippen LogP contribution in [-0.2, 0) is 23.7 Å². The first kappa shape index (κ1) is 67.1. The lowest BCUT2D eigenvalue weighted by molar-refractivity contribution is -0.359. The van der Waals surface area contributed by atoms with Gasteiger partial charge in [0.2, 0.25) is 5.91 Å². The number of allylic oxidation sites excluding steroid dienone is 7. The van der Waals surface area contributed by atoms with E-state index < -0.39 is 86.8 Å². The van der Waals surface area contributed by atoms with E-state index in [1.54, 1.807) is 6.08 Å². The van der Waals surface area contributed by atoms with Crippen molar-refractivity contribution in [2.45, 2.75) is 299 Å². The number of aliphatic hydroxyl groups excluding tert-OH is 8. The number of hydrogen-bond acceptors (Lipinski definition) is 13. The van der Waals surface area contributed by atoms with Gasteiger partial charge >= 0.3 is 0 Å². The van der Waals surface area contributed by atoms with E-state index in [0.29, 0.717) is 12.8 Å². The van der Waals surface area contributed by atoms with Crippen molar-refractivity contribution in [3.8, 4) is 0 Å². The minimum absolute atomic E-state index is 0.250. The summed E-state index contributed by atoms with van der Waals surface area (Å²) in [6, 6.07) is -0.930. The molecule has 2 saturated heterocycles. The number of hydrogen-bond donors (Lipinski definition) is 9. The van der Waals surface area contributed by atoms with Crippen LogP contribution in [0.25, 0.3) is 0 Å². The maximum absolute atomic E-state index is 13.2. The van der Waals surface area contributed by atoms with Gasteiger partial charge < -0.3 is 65.1 Å². The molecule has 12 atom stereocenters. The van der Waals surface area contributed by atoms with Crippen LogP contribution in [0.1, 0.15) is 226 Å². The summed E-state index contributed by atoms with van der Waals surface area (Å²) in [5, 5.41) is 86.9. The number of amides is 1. The largest absolute Gasteiger partial charge is 0.394 e. The van der Waals surface area contributed by atoms with E-state index in [9.17, 15) is 45.6 Å². The molecule has 2 aliphatic heterocycles. The number of unbranched alkanes of at least 4 members (excludes halogenated alkanes) is 27. The molecule has 0 bridgehead atoms. The van der Waals surface area contributed by atoms with Gasteiger partial charge in [0.25, 0.3) is 0 Å². The van der Waals surface area contributed by atoms with Crippen molar-refractivity contribution in [1.82, 2.24) is 5.32 Å². The SMILES string of the molecule is CCCCCCC/C=C\C/C=C\CCCCCCCCCCCCCCCCCC(=O)NC(COC1OC(CO)C(OC2OC(CO)C(O)C(O)C2O)C(O)C1O)C(O)/C=C/CC/C=C/CCCCCCCC. The quantitative estimate of drug-likeness (QED) is 0.0205. The molecule has 73 heavy (non-hydrogen) atoms. The Labute approximate surface area is 442 Å². The average molecular weight is 1040 g/mol. The maximum Gasteiger partial charge on any atom is 0.220 e. The summed E-state index contributed by atoms with van der Waals surface area (Å²) >= 11 is 0. The Morgan fingerprint density at radius 2 is 0.918 bits per heavy atom. The number of ether oxygens (including phenoxy) is 4. The van der Waals surface area contributed by atoms with Gasteiger partial charge in [-0.05, 0) is 64.2 Å². The highest BCUT2D eigenvalue weighted by atomic mass is 16.7. The van der Waals surface area contributed by atoms with Crippen LogP contribution >= 0.6 is 0 Å². The molecule has 0 aromatic carbocycles. The Hall–Kier alpha value is -2.05. The second-order valence-electron chi connectivity index (χ2n) is 20.8. The van der Waals surface area contributed by atoms with E-state index >= 15 is 0 Å². The lowest BCUT2D eigenvalue weighted by atomic mass is 9.97. The van der Waals surface area contributed by atoms with Gasteiger partial charge in [-0.25, -0.2) is 0 Å². The molecule has 0 radical (unpaired) electrons. The van der Waals surface area contributed by atoms with Gasteiger partial charge in [-0.15, -0.1) is 0 Å². The number of carbonyl (C=O) groups is 1. The van der Waals surface area contributed by atoms with E-state index in [1.165, 1.54) is 154 Å². The summed E-state index contributed by atoms with van der Waals surface area (Å²) in [4.78, 5) is 13.2. The van der Waals surface area contributed by atoms with Crippen LogP contribution in [0.5, 0.6) is 0 Å². The summed E-state index contributed by atoms with van der Waals surface area (Å²) < 4.78 is 22.7. The van der Waals surface area contributed by atoms with Crippen LogP contribution in [-0.4, -0.2) is 140 Å². The summed E-state index contributed by atoms with van der Waals surface area (Å²) in [7, 11) is 0. The zero-order valence-corrected chi connectivity index (χ0v) is 45.6. The Kier molecular flexibility index (Phi) is 41.4. The molecule has 1 amide bonds. The van der Waals surface area contributed by atoms with Crippen LogP contribution < -0.4 is 5.32 Å². The fraction of sp³-hybridized carbons (Fsp3) is 0.847. The average Bonchev–Trinajstić information content (AvgIpc) is 3.39. The third-order valence-corrected chi connectivity index (χ3v) is 14.2. The molecule has 2 rings (SSSR count). The summed E-state index contributed by atoms with van der Waals surface area (Å²) in [5.41, 5.74) is 0. The molecule has 0 saturated carbocycles. The molecule has 2 aliphatic rings. The second-order valence-corrected chi connectivity index (χ2v) is 20.8. The lowest BCUT2D eigenvalue weighted by Crippen LogP contribution is -2.65. The van der Waals surface area contributed by atoms with Gasteiger partial charge in [0.1, 0.15) is 48.8 Å². The summed E-state index contributed by atoms with van der Waals surface area (Å²) in [6.07, 6.45) is 38.8. The van der Waals surface area contributed by atoms with Gasteiger partial charge in [0.15, 0.2) is 12.6 Å². The lowest BCUT2D eigenvalue weighted by Gasteiger charge is -2.46. The molecule has 0 aromatic rings. The van der Waals surface area contributed by atoms with E-state index in [-0.39, 0.29) is 18.9 Å². The highest BCUT2D eigenvalue weighted by Gasteiger charge is 2.51. The van der Waals surface area contributed by atoms with Gasteiger partial charge in [0.05, 0.1) is 32.0 Å². The van der Waals surface area contributed by atoms with Crippen molar-refractivity contribution >= 4 is 5.91 Å². The van der Waals surface area contributed by atoms with Gasteiger partial charge in [-0.3, -0.25) is 4.79 Å². The Morgan fingerprint density at radius 3 is 1.42 bits per heavy atom. The number of nitrogens with one attached hydrogen (secondary N) is 1. The van der Waals surface area contributed by atoms with Crippen LogP contribution in [0.2, 0.25) is 0 Å². The van der Waals surface area contributed by atoms with Crippen LogP contribution in [0, 0.1) is 0 Å². The highest BCUT2D eigenvalue weighted by molar-refractivity contribution is 5.76. The fourth-order valence-corrected chi connectivity index (χ4v) is 9.45. The van der Waals surface area contributed by atoms with E-state index in [4.69, 9.17) is 18.9 Å². The fourth-order valence-electron chi connectivity index (χ4n) is 9.45. The second kappa shape index (κ2) is 45.0. The van der Waals surface area contributed by atoms with Crippen molar-refractivity contribution in [3.63, 3.8) is 0 Å². The van der Waals surface area contributed by atoms with Crippen molar-refractivity contribution < 1.29 is 64.6 Å². The number of rotatable bonds is 46.